The second-order valence-corrected chi connectivity index (χ2v) is 9.87. The van der Waals surface area contributed by atoms with Gasteiger partial charge in [-0.2, -0.15) is 0 Å². The number of hydrogen-bond acceptors (Lipinski definition) is 9. The third-order valence-electron chi connectivity index (χ3n) is 4.70. The smallest absolute Gasteiger partial charge is 0.267 e. The fraction of sp³-hybridized carbons (Fsp3) is 0.0909. The Hall–Kier alpha value is -3.54. The molecule has 3 aromatic heterocycles. The lowest BCUT2D eigenvalue weighted by molar-refractivity contribution is 0.102. The maximum absolute atomic E-state index is 12.7. The molecule has 0 aliphatic heterocycles. The van der Waals surface area contributed by atoms with E-state index in [1.807, 2.05) is 36.4 Å². The van der Waals surface area contributed by atoms with E-state index in [1.165, 1.54) is 22.7 Å². The van der Waals surface area contributed by atoms with Crippen LogP contribution in [-0.2, 0) is 0 Å². The van der Waals surface area contributed by atoms with E-state index in [4.69, 9.17) is 9.47 Å². The molecule has 2 N–H and O–H groups in total. The number of rotatable bonds is 6. The first kappa shape index (κ1) is 21.3. The topological polar surface area (TPSA) is 102 Å². The molecule has 5 aromatic rings. The lowest BCUT2D eigenvalue weighted by atomic mass is 10.3. The predicted octanol–water partition coefficient (Wildman–Crippen LogP) is 5.49. The Labute approximate surface area is 199 Å². The van der Waals surface area contributed by atoms with E-state index in [9.17, 15) is 9.59 Å². The number of hydrogen-bond donors (Lipinski definition) is 2. The maximum Gasteiger partial charge on any atom is 0.267 e. The Morgan fingerprint density at radius 2 is 1.15 bits per heavy atom. The van der Waals surface area contributed by atoms with Crippen LogP contribution in [-0.4, -0.2) is 36.0 Å². The zero-order valence-corrected chi connectivity index (χ0v) is 19.8. The van der Waals surface area contributed by atoms with Crippen molar-refractivity contribution in [2.75, 3.05) is 24.9 Å². The Bertz CT molecular complexity index is 1390. The van der Waals surface area contributed by atoms with E-state index < -0.39 is 0 Å². The summed E-state index contributed by atoms with van der Waals surface area (Å²) in [6.45, 7) is 0. The number of methoxy groups -OCH3 is 2. The first-order valence-electron chi connectivity index (χ1n) is 9.65. The minimum atomic E-state index is -0.332. The van der Waals surface area contributed by atoms with Crippen molar-refractivity contribution in [1.82, 2.24) is 9.97 Å². The summed E-state index contributed by atoms with van der Waals surface area (Å²) in [5.74, 6) is 0.627. The van der Waals surface area contributed by atoms with Gasteiger partial charge in [0, 0.05) is 0 Å². The van der Waals surface area contributed by atoms with E-state index in [1.54, 1.807) is 26.4 Å². The molecule has 166 valence electrons. The summed E-state index contributed by atoms with van der Waals surface area (Å²) >= 11 is 3.81. The highest BCUT2D eigenvalue weighted by Crippen LogP contribution is 2.34. The third kappa shape index (κ3) is 4.13. The molecule has 0 aliphatic carbocycles. The van der Waals surface area contributed by atoms with Gasteiger partial charge in [-0.15, -0.1) is 11.3 Å². The van der Waals surface area contributed by atoms with Crippen LogP contribution >= 0.6 is 34.0 Å². The zero-order chi connectivity index (χ0) is 22.9. The first-order chi connectivity index (χ1) is 16.1. The van der Waals surface area contributed by atoms with Gasteiger partial charge in [-0.1, -0.05) is 34.8 Å². The Balaban J connectivity index is 1.30. The standard InChI is InChI=1S/C22H16N4O4S3/c1-29-11-5-3-7-13-17(11)23-21(32-13)25-19(27)15-9-10-16(31-15)20(28)26-22-24-18-12(30-2)6-4-8-14(18)33-22/h3-10H,1-2H3,(H,23,25,27)(H,24,26,28). The van der Waals surface area contributed by atoms with Gasteiger partial charge in [-0.3, -0.25) is 20.2 Å². The molecule has 2 amide bonds. The molecule has 8 nitrogen and oxygen atoms in total. The Kier molecular flexibility index (Phi) is 5.67. The van der Waals surface area contributed by atoms with Crippen LogP contribution in [0.1, 0.15) is 19.3 Å². The number of benzene rings is 2. The van der Waals surface area contributed by atoms with Gasteiger partial charge in [0.05, 0.1) is 33.4 Å². The molecule has 3 heterocycles. The molecule has 0 radical (unpaired) electrons. The fourth-order valence-corrected chi connectivity index (χ4v) is 5.74. The summed E-state index contributed by atoms with van der Waals surface area (Å²) in [6, 6.07) is 14.4. The van der Waals surface area contributed by atoms with Gasteiger partial charge in [0.25, 0.3) is 11.8 Å². The summed E-state index contributed by atoms with van der Waals surface area (Å²) in [7, 11) is 3.16. The fourth-order valence-electron chi connectivity index (χ4n) is 3.18. The second-order valence-electron chi connectivity index (χ2n) is 6.72. The van der Waals surface area contributed by atoms with Crippen molar-refractivity contribution in [3.8, 4) is 11.5 Å². The number of para-hydroxylation sites is 2. The average molecular weight is 497 g/mol. The van der Waals surface area contributed by atoms with Gasteiger partial charge >= 0.3 is 0 Å². The Morgan fingerprint density at radius 3 is 1.58 bits per heavy atom. The number of ether oxygens (including phenoxy) is 2. The summed E-state index contributed by atoms with van der Waals surface area (Å²) in [5, 5.41) is 6.52. The van der Waals surface area contributed by atoms with Crippen LogP contribution in [0.5, 0.6) is 11.5 Å². The van der Waals surface area contributed by atoms with Crippen molar-refractivity contribution < 1.29 is 19.1 Å². The second kappa shape index (κ2) is 8.77. The molecule has 0 unspecified atom stereocenters. The minimum absolute atomic E-state index is 0.332. The van der Waals surface area contributed by atoms with E-state index >= 15 is 0 Å². The quantitative estimate of drug-likeness (QED) is 0.322. The van der Waals surface area contributed by atoms with Gasteiger partial charge in [0.1, 0.15) is 22.5 Å². The van der Waals surface area contributed by atoms with Crippen molar-refractivity contribution in [1.29, 1.82) is 0 Å². The van der Waals surface area contributed by atoms with Gasteiger partial charge in [-0.25, -0.2) is 9.97 Å². The molecule has 2 aromatic carbocycles. The van der Waals surface area contributed by atoms with Crippen molar-refractivity contribution in [2.24, 2.45) is 0 Å². The van der Waals surface area contributed by atoms with Gasteiger partial charge in [0.15, 0.2) is 10.3 Å². The highest BCUT2D eigenvalue weighted by molar-refractivity contribution is 7.23. The first-order valence-corrected chi connectivity index (χ1v) is 12.1. The van der Waals surface area contributed by atoms with Crippen LogP contribution in [0.4, 0.5) is 10.3 Å². The summed E-state index contributed by atoms with van der Waals surface area (Å²) in [4.78, 5) is 35.1. The van der Waals surface area contributed by atoms with Crippen LogP contribution in [0.15, 0.2) is 48.5 Å². The lowest BCUT2D eigenvalue weighted by Crippen LogP contribution is -2.11. The summed E-state index contributed by atoms with van der Waals surface area (Å²) < 4.78 is 12.4. The number of nitrogens with one attached hydrogen (secondary N) is 2. The van der Waals surface area contributed by atoms with E-state index in [0.29, 0.717) is 42.5 Å². The molecule has 0 saturated carbocycles. The van der Waals surface area contributed by atoms with Crippen molar-refractivity contribution in [2.45, 2.75) is 0 Å². The number of nitrogens with zero attached hydrogens (tertiary/aromatic N) is 2. The largest absolute Gasteiger partial charge is 0.494 e. The maximum atomic E-state index is 12.7. The van der Waals surface area contributed by atoms with E-state index in [0.717, 1.165) is 20.7 Å². The summed E-state index contributed by atoms with van der Waals surface area (Å²) in [6.07, 6.45) is 0. The van der Waals surface area contributed by atoms with Crippen LogP contribution < -0.4 is 20.1 Å². The SMILES string of the molecule is COc1cccc2sc(NC(=O)c3ccc(C(=O)Nc4nc5c(OC)cccc5s4)s3)nc12. The number of aromatic nitrogens is 2. The monoisotopic (exact) mass is 496 g/mol. The number of amides is 2. The third-order valence-corrected chi connectivity index (χ3v) is 7.65. The average Bonchev–Trinajstić information content (AvgIpc) is 3.55. The number of anilines is 2. The molecular weight excluding hydrogens is 480 g/mol. The predicted molar refractivity (Wildman–Crippen MR) is 133 cm³/mol. The van der Waals surface area contributed by atoms with Crippen LogP contribution in [0.3, 0.4) is 0 Å². The summed E-state index contributed by atoms with van der Waals surface area (Å²) in [5.41, 5.74) is 1.39. The molecule has 0 bridgehead atoms. The van der Waals surface area contributed by atoms with Crippen LogP contribution in [0.2, 0.25) is 0 Å². The van der Waals surface area contributed by atoms with Gasteiger partial charge < -0.3 is 9.47 Å². The van der Waals surface area contributed by atoms with Crippen LogP contribution in [0.25, 0.3) is 20.4 Å². The molecule has 0 fully saturated rings. The molecule has 0 aliphatic rings. The number of thiophene rings is 1. The number of fused-ring (bicyclic) bond motifs is 2. The molecular formula is C22H16N4O4S3. The number of carbonyl (C=O) groups excluding carboxylic acids is 2. The minimum Gasteiger partial charge on any atom is -0.494 e. The molecule has 0 atom stereocenters. The molecule has 33 heavy (non-hydrogen) atoms. The normalized spacial score (nSPS) is 11.0. The van der Waals surface area contributed by atoms with E-state index in [2.05, 4.69) is 20.6 Å². The zero-order valence-electron chi connectivity index (χ0n) is 17.4. The molecule has 0 spiro atoms. The number of thiazole rings is 2. The highest BCUT2D eigenvalue weighted by Gasteiger charge is 2.18. The molecule has 0 saturated heterocycles. The van der Waals surface area contributed by atoms with Gasteiger partial charge in [-0.05, 0) is 36.4 Å². The van der Waals surface area contributed by atoms with Crippen molar-refractivity contribution in [3.05, 3.63) is 58.3 Å². The molecule has 5 rings (SSSR count). The van der Waals surface area contributed by atoms with Crippen molar-refractivity contribution in [3.63, 3.8) is 0 Å². The lowest BCUT2D eigenvalue weighted by Gasteiger charge is -1.99. The number of carbonyl (C=O) groups is 2. The Morgan fingerprint density at radius 1 is 0.697 bits per heavy atom. The van der Waals surface area contributed by atoms with Crippen LogP contribution in [0, 0.1) is 0 Å². The van der Waals surface area contributed by atoms with Crippen molar-refractivity contribution >= 4 is 76.5 Å². The van der Waals surface area contributed by atoms with Gasteiger partial charge in [0.2, 0.25) is 0 Å². The highest BCUT2D eigenvalue weighted by atomic mass is 32.1. The molecule has 11 heteroatoms. The van der Waals surface area contributed by atoms with E-state index in [-0.39, 0.29) is 11.8 Å².